The van der Waals surface area contributed by atoms with Crippen molar-refractivity contribution in [3.05, 3.63) is 22.4 Å². The fraction of sp³-hybridized carbons (Fsp3) is 0.538. The smallest absolute Gasteiger partial charge is 0.242 e. The lowest BCUT2D eigenvalue weighted by Gasteiger charge is -2.28. The van der Waals surface area contributed by atoms with Crippen LogP contribution in [-0.2, 0) is 10.0 Å². The standard InChI is InChI=1S/C13H21BrFN3O2S/c1-13(2,8-18(3)4)7-17-21(19,20)12-5-9(14)10(15)6-11(12)16/h5-6,17H,7-8,16H2,1-4H3. The molecular weight excluding hydrogens is 361 g/mol. The summed E-state index contributed by atoms with van der Waals surface area (Å²) < 4.78 is 40.5. The van der Waals surface area contributed by atoms with E-state index in [1.54, 1.807) is 0 Å². The van der Waals surface area contributed by atoms with E-state index >= 15 is 0 Å². The summed E-state index contributed by atoms with van der Waals surface area (Å²) >= 11 is 2.97. The lowest BCUT2D eigenvalue weighted by molar-refractivity contribution is 0.242. The van der Waals surface area contributed by atoms with Crippen LogP contribution in [0.15, 0.2) is 21.5 Å². The number of benzene rings is 1. The number of anilines is 1. The third-order valence-corrected chi connectivity index (χ3v) is 4.89. The number of nitrogens with one attached hydrogen (secondary N) is 1. The zero-order chi connectivity index (χ0) is 16.4. The second-order valence-corrected chi connectivity index (χ2v) is 8.62. The molecule has 1 aromatic rings. The number of rotatable bonds is 6. The summed E-state index contributed by atoms with van der Waals surface area (Å²) in [6.45, 7) is 4.89. The molecule has 0 aliphatic carbocycles. The van der Waals surface area contributed by atoms with E-state index in [-0.39, 0.29) is 27.0 Å². The molecular formula is C13H21BrFN3O2S. The molecule has 0 radical (unpaired) electrons. The van der Waals surface area contributed by atoms with Crippen LogP contribution in [0, 0.1) is 11.2 Å². The van der Waals surface area contributed by atoms with Crippen molar-refractivity contribution < 1.29 is 12.8 Å². The summed E-state index contributed by atoms with van der Waals surface area (Å²) in [5.41, 5.74) is 5.24. The van der Waals surface area contributed by atoms with Crippen LogP contribution in [0.3, 0.4) is 0 Å². The minimum Gasteiger partial charge on any atom is -0.398 e. The molecule has 21 heavy (non-hydrogen) atoms. The first kappa shape index (κ1) is 18.3. The van der Waals surface area contributed by atoms with Gasteiger partial charge in [-0.3, -0.25) is 0 Å². The Morgan fingerprint density at radius 3 is 2.48 bits per heavy atom. The first-order chi connectivity index (χ1) is 9.44. The van der Waals surface area contributed by atoms with Crippen molar-refractivity contribution in [2.75, 3.05) is 32.9 Å². The Bertz CT molecular complexity index is 618. The third kappa shape index (κ3) is 5.21. The van der Waals surface area contributed by atoms with Gasteiger partial charge in [0.1, 0.15) is 10.7 Å². The molecule has 0 spiro atoms. The van der Waals surface area contributed by atoms with Gasteiger partial charge in [-0.2, -0.15) is 0 Å². The Hall–Kier alpha value is -0.700. The third-order valence-electron chi connectivity index (χ3n) is 2.83. The van der Waals surface area contributed by atoms with Gasteiger partial charge in [-0.15, -0.1) is 0 Å². The minimum atomic E-state index is -3.79. The van der Waals surface area contributed by atoms with E-state index in [2.05, 4.69) is 20.7 Å². The quantitative estimate of drug-likeness (QED) is 0.739. The molecule has 1 rings (SSSR count). The van der Waals surface area contributed by atoms with Crippen molar-refractivity contribution in [2.24, 2.45) is 5.41 Å². The largest absolute Gasteiger partial charge is 0.398 e. The van der Waals surface area contributed by atoms with Gasteiger partial charge in [-0.25, -0.2) is 17.5 Å². The van der Waals surface area contributed by atoms with Crippen molar-refractivity contribution in [3.8, 4) is 0 Å². The Balaban J connectivity index is 2.95. The van der Waals surface area contributed by atoms with E-state index in [0.717, 1.165) is 12.6 Å². The molecule has 0 amide bonds. The molecule has 0 aliphatic heterocycles. The average molecular weight is 382 g/mol. The van der Waals surface area contributed by atoms with Crippen LogP contribution in [0.4, 0.5) is 10.1 Å². The zero-order valence-electron chi connectivity index (χ0n) is 12.6. The van der Waals surface area contributed by atoms with Crippen molar-refractivity contribution in [1.82, 2.24) is 9.62 Å². The number of nitrogens with zero attached hydrogens (tertiary/aromatic N) is 1. The lowest BCUT2D eigenvalue weighted by Crippen LogP contribution is -2.40. The van der Waals surface area contributed by atoms with Crippen LogP contribution in [0.2, 0.25) is 0 Å². The van der Waals surface area contributed by atoms with Crippen molar-refractivity contribution in [2.45, 2.75) is 18.7 Å². The van der Waals surface area contributed by atoms with Gasteiger partial charge in [0, 0.05) is 13.1 Å². The average Bonchev–Trinajstić information content (AvgIpc) is 2.30. The SMILES string of the molecule is CN(C)CC(C)(C)CNS(=O)(=O)c1cc(Br)c(F)cc1N. The van der Waals surface area contributed by atoms with Crippen LogP contribution >= 0.6 is 15.9 Å². The second-order valence-electron chi connectivity index (χ2n) is 6.03. The Kier molecular flexibility index (Phi) is 5.76. The van der Waals surface area contributed by atoms with Crippen LogP contribution in [0.1, 0.15) is 13.8 Å². The summed E-state index contributed by atoms with van der Waals surface area (Å²) in [7, 11) is 0.0545. The Morgan fingerprint density at radius 2 is 1.95 bits per heavy atom. The summed E-state index contributed by atoms with van der Waals surface area (Å²) in [6.07, 6.45) is 0. The molecule has 0 saturated heterocycles. The molecule has 3 N–H and O–H groups in total. The van der Waals surface area contributed by atoms with Gasteiger partial charge in [0.2, 0.25) is 10.0 Å². The summed E-state index contributed by atoms with van der Waals surface area (Å²) in [5, 5.41) is 0. The first-order valence-corrected chi connectivity index (χ1v) is 8.61. The van der Waals surface area contributed by atoms with Gasteiger partial charge in [0.25, 0.3) is 0 Å². The summed E-state index contributed by atoms with van der Waals surface area (Å²) in [6, 6.07) is 2.16. The highest BCUT2D eigenvalue weighted by Crippen LogP contribution is 2.26. The molecule has 0 atom stereocenters. The summed E-state index contributed by atoms with van der Waals surface area (Å²) in [4.78, 5) is 1.85. The van der Waals surface area contributed by atoms with E-state index in [1.165, 1.54) is 6.07 Å². The number of halogens is 2. The fourth-order valence-electron chi connectivity index (χ4n) is 2.06. The molecule has 120 valence electrons. The zero-order valence-corrected chi connectivity index (χ0v) is 15.0. The highest BCUT2D eigenvalue weighted by atomic mass is 79.9. The molecule has 0 unspecified atom stereocenters. The van der Waals surface area contributed by atoms with Gasteiger partial charge in [0.05, 0.1) is 10.2 Å². The van der Waals surface area contributed by atoms with Crippen LogP contribution in [0.25, 0.3) is 0 Å². The number of sulfonamides is 1. The molecule has 0 bridgehead atoms. The van der Waals surface area contributed by atoms with Gasteiger partial charge in [-0.05, 0) is 47.6 Å². The van der Waals surface area contributed by atoms with Gasteiger partial charge < -0.3 is 10.6 Å². The van der Waals surface area contributed by atoms with Crippen LogP contribution in [0.5, 0.6) is 0 Å². The van der Waals surface area contributed by atoms with Crippen molar-refractivity contribution in [3.63, 3.8) is 0 Å². The predicted octanol–water partition coefficient (Wildman–Crippen LogP) is 2.04. The summed E-state index contributed by atoms with van der Waals surface area (Å²) in [5.74, 6) is -0.598. The van der Waals surface area contributed by atoms with Gasteiger partial charge in [-0.1, -0.05) is 13.8 Å². The number of hydrogen-bond donors (Lipinski definition) is 2. The highest BCUT2D eigenvalue weighted by molar-refractivity contribution is 9.10. The molecule has 5 nitrogen and oxygen atoms in total. The van der Waals surface area contributed by atoms with Crippen molar-refractivity contribution >= 4 is 31.6 Å². The maximum atomic E-state index is 13.3. The van der Waals surface area contributed by atoms with E-state index in [0.29, 0.717) is 0 Å². The molecule has 0 aromatic heterocycles. The molecule has 1 aromatic carbocycles. The maximum Gasteiger partial charge on any atom is 0.242 e. The highest BCUT2D eigenvalue weighted by Gasteiger charge is 2.25. The molecule has 0 saturated carbocycles. The number of hydrogen-bond acceptors (Lipinski definition) is 4. The van der Waals surface area contributed by atoms with Gasteiger partial charge >= 0.3 is 0 Å². The number of nitrogens with two attached hydrogens (primary N) is 1. The van der Waals surface area contributed by atoms with E-state index in [4.69, 9.17) is 5.73 Å². The Morgan fingerprint density at radius 1 is 1.38 bits per heavy atom. The van der Waals surface area contributed by atoms with E-state index in [9.17, 15) is 12.8 Å². The first-order valence-electron chi connectivity index (χ1n) is 6.33. The minimum absolute atomic E-state index is 0.0598. The lowest BCUT2D eigenvalue weighted by atomic mass is 9.93. The topological polar surface area (TPSA) is 75.4 Å². The second kappa shape index (κ2) is 6.60. The molecule has 0 fully saturated rings. The monoisotopic (exact) mass is 381 g/mol. The van der Waals surface area contributed by atoms with Crippen LogP contribution in [-0.4, -0.2) is 40.5 Å². The van der Waals surface area contributed by atoms with E-state index < -0.39 is 15.8 Å². The van der Waals surface area contributed by atoms with E-state index in [1.807, 2.05) is 32.8 Å². The predicted molar refractivity (Wildman–Crippen MR) is 86.0 cm³/mol. The molecule has 8 heteroatoms. The van der Waals surface area contributed by atoms with Crippen molar-refractivity contribution in [1.29, 1.82) is 0 Å². The van der Waals surface area contributed by atoms with Crippen LogP contribution < -0.4 is 10.5 Å². The molecule has 0 aliphatic rings. The normalized spacial score (nSPS) is 12.9. The Labute approximate surface area is 133 Å². The number of nitrogen functional groups attached to an aromatic ring is 1. The van der Waals surface area contributed by atoms with Gasteiger partial charge in [0.15, 0.2) is 0 Å². The maximum absolute atomic E-state index is 13.3. The fourth-order valence-corrected chi connectivity index (χ4v) is 3.93. The molecule has 0 heterocycles.